The molecule has 4 N–H and O–H groups in total. The van der Waals surface area contributed by atoms with Crippen LogP contribution in [-0.4, -0.2) is 51.6 Å². The lowest BCUT2D eigenvalue weighted by atomic mass is 10.1. The largest absolute Gasteiger partial charge is 0.394 e. The first-order chi connectivity index (χ1) is 5.01. The quantitative estimate of drug-likeness (QED) is 0.330. The molecule has 5 heteroatoms. The third-order valence-electron chi connectivity index (χ3n) is 1.37. The molecule has 0 spiro atoms. The van der Waals surface area contributed by atoms with Gasteiger partial charge < -0.3 is 25.2 Å². The molecule has 0 radical (unpaired) electrons. The Morgan fingerprint density at radius 2 is 1.90 bits per heavy atom. The van der Waals surface area contributed by atoms with Crippen LogP contribution in [0.3, 0.4) is 0 Å². The van der Waals surface area contributed by atoms with Crippen LogP contribution in [-0.2, 0) is 4.74 Å². The second kappa shape index (κ2) is 2.81. The Morgan fingerprint density at radius 1 is 1.30 bits per heavy atom. The zero-order valence-corrected chi connectivity index (χ0v) is 5.14. The molecule has 1 saturated heterocycles. The third-order valence-corrected chi connectivity index (χ3v) is 1.37. The van der Waals surface area contributed by atoms with Gasteiger partial charge in [0.25, 0.3) is 0 Å². The summed E-state index contributed by atoms with van der Waals surface area (Å²) in [6, 6.07) is 0. The van der Waals surface area contributed by atoms with Crippen LogP contribution in [0.25, 0.3) is 0 Å². The molecule has 0 aromatic heterocycles. The Bertz CT molecular complexity index is 154. The van der Waals surface area contributed by atoms with E-state index in [1.807, 2.05) is 0 Å². The highest BCUT2D eigenvalue weighted by atomic mass is 16.6. The summed E-state index contributed by atoms with van der Waals surface area (Å²) in [5.41, 5.74) is 0. The second-order valence-electron chi connectivity index (χ2n) is 2.07. The molecule has 0 bridgehead atoms. The first-order valence-electron chi connectivity index (χ1n) is 3.34. The molecular weight excluding hydrogens is 140 g/mol. The topological polar surface area (TPSA) is 90.2 Å². The van der Waals surface area contributed by atoms with Crippen LogP contribution in [0.5, 0.6) is 0 Å². The van der Waals surface area contributed by atoms with Crippen LogP contribution >= 0.6 is 0 Å². The summed E-state index contributed by atoms with van der Waals surface area (Å²) in [5.74, 6) is 0. The van der Waals surface area contributed by atoms with Gasteiger partial charge >= 0.3 is 0 Å². The third kappa shape index (κ3) is 1.14. The maximum absolute atomic E-state index is 9.00. The van der Waals surface area contributed by atoms with Crippen LogP contribution in [0.2, 0.25) is 0 Å². The molecule has 0 aromatic rings. The fourth-order valence-electron chi connectivity index (χ4n) is 0.772. The number of rotatable bonds is 1. The highest BCUT2D eigenvalue weighted by Gasteiger charge is 2.41. The van der Waals surface area contributed by atoms with Crippen molar-refractivity contribution in [1.82, 2.24) is 0 Å². The number of hydrogen-bond donors (Lipinski definition) is 4. The van der Waals surface area contributed by atoms with Crippen LogP contribution in [0.1, 0.15) is 1.37 Å². The first kappa shape index (κ1) is 6.51. The van der Waals surface area contributed by atoms with Crippen LogP contribution in [0.15, 0.2) is 0 Å². The zero-order valence-electron chi connectivity index (χ0n) is 6.14. The number of aliphatic hydroxyl groups excluding tert-OH is 4. The molecule has 0 saturated carbocycles. The van der Waals surface area contributed by atoms with Gasteiger partial charge in [0, 0.05) is 0 Å². The van der Waals surface area contributed by atoms with E-state index < -0.39 is 31.2 Å². The predicted molar refractivity (Wildman–Crippen MR) is 30.0 cm³/mol. The summed E-state index contributed by atoms with van der Waals surface area (Å²) in [5, 5.41) is 35.2. The van der Waals surface area contributed by atoms with Crippen molar-refractivity contribution < 1.29 is 26.5 Å². The Labute approximate surface area is 58.9 Å². The normalized spacial score (nSPS) is 56.8. The van der Waals surface area contributed by atoms with Crippen molar-refractivity contribution in [2.24, 2.45) is 0 Å². The van der Waals surface area contributed by atoms with E-state index in [2.05, 4.69) is 4.74 Å². The van der Waals surface area contributed by atoms with E-state index >= 15 is 0 Å². The van der Waals surface area contributed by atoms with Crippen LogP contribution < -0.4 is 0 Å². The average molecular weight is 151 g/mol. The van der Waals surface area contributed by atoms with Gasteiger partial charge in [0.15, 0.2) is 6.29 Å². The van der Waals surface area contributed by atoms with Gasteiger partial charge in [-0.2, -0.15) is 0 Å². The molecule has 1 aliphatic rings. The smallest absolute Gasteiger partial charge is 0.184 e. The highest BCUT2D eigenvalue weighted by molar-refractivity contribution is 4.84. The summed E-state index contributed by atoms with van der Waals surface area (Å²) in [4.78, 5) is 0. The van der Waals surface area contributed by atoms with Gasteiger partial charge in [-0.3, -0.25) is 0 Å². The monoisotopic (exact) mass is 151 g/mol. The van der Waals surface area contributed by atoms with Gasteiger partial charge in [-0.25, -0.2) is 0 Å². The van der Waals surface area contributed by atoms with Crippen molar-refractivity contribution in [1.29, 1.82) is 0 Å². The van der Waals surface area contributed by atoms with E-state index in [4.69, 9.17) is 21.8 Å². The second-order valence-corrected chi connectivity index (χ2v) is 2.07. The molecule has 10 heavy (non-hydrogen) atoms. The van der Waals surface area contributed by atoms with E-state index in [-0.39, 0.29) is 0 Å². The lowest BCUT2D eigenvalue weighted by molar-refractivity contribution is -0.132. The molecule has 1 aliphatic heterocycles. The van der Waals surface area contributed by atoms with Crippen molar-refractivity contribution in [3.05, 3.63) is 0 Å². The van der Waals surface area contributed by atoms with Crippen molar-refractivity contribution in [2.75, 3.05) is 6.61 Å². The number of ether oxygens (including phenoxy) is 1. The van der Waals surface area contributed by atoms with E-state index in [1.54, 1.807) is 0 Å². The van der Waals surface area contributed by atoms with Crippen molar-refractivity contribution in [3.63, 3.8) is 0 Å². The minimum Gasteiger partial charge on any atom is -0.394 e. The first-order valence-corrected chi connectivity index (χ1v) is 2.84. The van der Waals surface area contributed by atoms with Gasteiger partial charge in [-0.05, 0) is 0 Å². The predicted octanol–water partition coefficient (Wildman–Crippen LogP) is -2.58. The maximum Gasteiger partial charge on any atom is 0.184 e. The fourth-order valence-corrected chi connectivity index (χ4v) is 0.772. The molecule has 1 rings (SSSR count). The van der Waals surface area contributed by atoms with Gasteiger partial charge in [0.2, 0.25) is 0 Å². The molecule has 0 aliphatic carbocycles. The number of hydrogen-bond acceptors (Lipinski definition) is 5. The number of aliphatic hydroxyl groups is 4. The van der Waals surface area contributed by atoms with E-state index in [1.165, 1.54) is 0 Å². The highest BCUT2D eigenvalue weighted by Crippen LogP contribution is 2.18. The SMILES string of the molecule is [2H][C@]1(CO)OC(O)[C@H](O)[C@@H]1O. The van der Waals surface area contributed by atoms with Crippen molar-refractivity contribution in [3.8, 4) is 0 Å². The molecule has 5 nitrogen and oxygen atoms in total. The molecule has 60 valence electrons. The minimum absolute atomic E-state index is 0.776. The van der Waals surface area contributed by atoms with Crippen LogP contribution in [0.4, 0.5) is 0 Å². The molecule has 1 heterocycles. The van der Waals surface area contributed by atoms with E-state index in [9.17, 15) is 0 Å². The van der Waals surface area contributed by atoms with Gasteiger partial charge in [0.05, 0.1) is 7.98 Å². The average Bonchev–Trinajstić information content (AvgIpc) is 2.17. The lowest BCUT2D eigenvalue weighted by Crippen LogP contribution is -2.33. The van der Waals surface area contributed by atoms with Gasteiger partial charge in [-0.15, -0.1) is 0 Å². The molecule has 0 amide bonds. The Balaban J connectivity index is 2.73. The fraction of sp³-hybridized carbons (Fsp3) is 1.00. The Kier molecular flexibility index (Phi) is 1.83. The standard InChI is InChI=1S/C5H10O5/c6-1-2-3(7)4(8)5(9)10-2/h2-9H,1H2/t2-,3-,4-,5?/m1/s1/i2D. The summed E-state index contributed by atoms with van der Waals surface area (Å²) < 4.78 is 11.5. The summed E-state index contributed by atoms with van der Waals surface area (Å²) in [6.07, 6.45) is -6.71. The van der Waals surface area contributed by atoms with E-state index in [0.717, 1.165) is 0 Å². The maximum atomic E-state index is 9.00. The molecule has 0 aromatic carbocycles. The summed E-state index contributed by atoms with van der Waals surface area (Å²) in [7, 11) is 0. The van der Waals surface area contributed by atoms with Gasteiger partial charge in [-0.1, -0.05) is 0 Å². The zero-order chi connectivity index (χ0) is 8.65. The lowest BCUT2D eigenvalue weighted by Gasteiger charge is -2.09. The minimum atomic E-state index is -2.00. The molecule has 1 fully saturated rings. The van der Waals surface area contributed by atoms with Crippen molar-refractivity contribution >= 4 is 0 Å². The Morgan fingerprint density at radius 3 is 2.10 bits per heavy atom. The summed E-state index contributed by atoms with van der Waals surface area (Å²) >= 11 is 0. The summed E-state index contributed by atoms with van der Waals surface area (Å²) in [6.45, 7) is -0.776. The molecular formula is C5H10O5. The van der Waals surface area contributed by atoms with Crippen LogP contribution in [0, 0.1) is 0 Å². The molecule has 4 atom stereocenters. The van der Waals surface area contributed by atoms with Crippen molar-refractivity contribution in [2.45, 2.75) is 24.6 Å². The Hall–Kier alpha value is -0.200. The van der Waals surface area contributed by atoms with Gasteiger partial charge in [0.1, 0.15) is 18.3 Å². The van der Waals surface area contributed by atoms with E-state index in [0.29, 0.717) is 0 Å². The molecule has 1 unspecified atom stereocenters.